The van der Waals surface area contributed by atoms with Gasteiger partial charge >= 0.3 is 0 Å². The number of aliphatic imine (C=N–C) groups is 1. The molecule has 0 radical (unpaired) electrons. The fourth-order valence-electron chi connectivity index (χ4n) is 2.78. The third-order valence-corrected chi connectivity index (χ3v) is 5.01. The predicted molar refractivity (Wildman–Crippen MR) is 74.7 cm³/mol. The van der Waals surface area contributed by atoms with Crippen molar-refractivity contribution in [2.45, 2.75) is 57.2 Å². The van der Waals surface area contributed by atoms with Crippen LogP contribution < -0.4 is 5.32 Å². The van der Waals surface area contributed by atoms with Crippen LogP contribution in [-0.4, -0.2) is 47.0 Å². The van der Waals surface area contributed by atoms with Crippen molar-refractivity contribution < 1.29 is 0 Å². The molecule has 3 nitrogen and oxygen atoms in total. The smallest absolute Gasteiger partial charge is 0.157 e. The third kappa shape index (κ3) is 2.97. The maximum absolute atomic E-state index is 4.80. The predicted octanol–water partition coefficient (Wildman–Crippen LogP) is 2.08. The lowest BCUT2D eigenvalue weighted by Crippen LogP contribution is -2.38. The Balaban J connectivity index is 1.51. The van der Waals surface area contributed by atoms with E-state index >= 15 is 0 Å². The van der Waals surface area contributed by atoms with Crippen LogP contribution in [-0.2, 0) is 0 Å². The van der Waals surface area contributed by atoms with Crippen LogP contribution in [0, 0.1) is 0 Å². The molecule has 2 unspecified atom stereocenters. The number of hydrogen-bond acceptors (Lipinski definition) is 4. The summed E-state index contributed by atoms with van der Waals surface area (Å²) >= 11 is 1.91. The molecule has 4 heteroatoms. The lowest BCUT2D eigenvalue weighted by Gasteiger charge is -2.22. The molecule has 0 aromatic rings. The summed E-state index contributed by atoms with van der Waals surface area (Å²) in [7, 11) is 0. The molecule has 1 N–H and O–H groups in total. The Morgan fingerprint density at radius 3 is 3.00 bits per heavy atom. The Hall–Kier alpha value is -0.220. The number of nitrogens with zero attached hydrogens (tertiary/aromatic N) is 2. The Morgan fingerprint density at radius 2 is 2.24 bits per heavy atom. The minimum absolute atomic E-state index is 0.569. The second kappa shape index (κ2) is 5.19. The average molecular weight is 253 g/mol. The first-order chi connectivity index (χ1) is 8.35. The Kier molecular flexibility index (Phi) is 3.61. The lowest BCUT2D eigenvalue weighted by atomic mass is 10.2. The van der Waals surface area contributed by atoms with Crippen LogP contribution in [0.5, 0.6) is 0 Å². The van der Waals surface area contributed by atoms with Crippen LogP contribution in [0.25, 0.3) is 0 Å². The van der Waals surface area contributed by atoms with Crippen molar-refractivity contribution >= 4 is 16.9 Å². The Labute approximate surface area is 108 Å². The van der Waals surface area contributed by atoms with Crippen LogP contribution in [0.1, 0.15) is 39.0 Å². The highest BCUT2D eigenvalue weighted by atomic mass is 32.2. The molecule has 0 aromatic heterocycles. The zero-order chi connectivity index (χ0) is 11.7. The van der Waals surface area contributed by atoms with Crippen molar-refractivity contribution in [1.29, 1.82) is 0 Å². The molecular weight excluding hydrogens is 230 g/mol. The van der Waals surface area contributed by atoms with Gasteiger partial charge in [-0.25, -0.2) is 0 Å². The van der Waals surface area contributed by atoms with E-state index < -0.39 is 0 Å². The summed E-state index contributed by atoms with van der Waals surface area (Å²) in [5.41, 5.74) is 0. The van der Waals surface area contributed by atoms with Gasteiger partial charge in [-0.1, -0.05) is 18.7 Å². The number of thioether (sulfide) groups is 1. The molecule has 0 amide bonds. The molecule has 2 fully saturated rings. The number of amidine groups is 1. The highest BCUT2D eigenvalue weighted by molar-refractivity contribution is 8.13. The van der Waals surface area contributed by atoms with E-state index in [1.165, 1.54) is 56.1 Å². The fraction of sp³-hybridized carbons (Fsp3) is 0.923. The maximum atomic E-state index is 4.80. The first kappa shape index (κ1) is 11.8. The zero-order valence-electron chi connectivity index (χ0n) is 10.7. The van der Waals surface area contributed by atoms with Gasteiger partial charge in [0.2, 0.25) is 0 Å². The van der Waals surface area contributed by atoms with Gasteiger partial charge in [0.15, 0.2) is 5.17 Å². The van der Waals surface area contributed by atoms with Gasteiger partial charge in [-0.05, 0) is 32.1 Å². The number of hydrogen-bond donors (Lipinski definition) is 1. The second-order valence-electron chi connectivity index (χ2n) is 5.49. The van der Waals surface area contributed by atoms with E-state index in [-0.39, 0.29) is 0 Å². The minimum Gasteiger partial charge on any atom is -0.361 e. The van der Waals surface area contributed by atoms with E-state index in [4.69, 9.17) is 4.99 Å². The quantitative estimate of drug-likeness (QED) is 0.834. The summed E-state index contributed by atoms with van der Waals surface area (Å²) in [6, 6.07) is 2.14. The van der Waals surface area contributed by atoms with Crippen LogP contribution in [0.4, 0.5) is 0 Å². The largest absolute Gasteiger partial charge is 0.361 e. The van der Waals surface area contributed by atoms with E-state index in [1.807, 2.05) is 11.8 Å². The molecule has 0 bridgehead atoms. The van der Waals surface area contributed by atoms with Gasteiger partial charge in [-0.15, -0.1) is 0 Å². The monoisotopic (exact) mass is 253 g/mol. The summed E-state index contributed by atoms with van der Waals surface area (Å²) in [4.78, 5) is 7.46. The van der Waals surface area contributed by atoms with Crippen molar-refractivity contribution in [2.24, 2.45) is 4.99 Å². The van der Waals surface area contributed by atoms with Crippen LogP contribution in [0.3, 0.4) is 0 Å². The van der Waals surface area contributed by atoms with E-state index in [0.29, 0.717) is 12.1 Å². The molecular formula is C13H23N3S. The normalized spacial score (nSPS) is 34.8. The Bertz CT molecular complexity index is 301. The van der Waals surface area contributed by atoms with Gasteiger partial charge in [0.1, 0.15) is 0 Å². The van der Waals surface area contributed by atoms with Crippen LogP contribution >= 0.6 is 11.8 Å². The molecule has 2 heterocycles. The number of nitrogens with one attached hydrogen (secondary N) is 1. The summed E-state index contributed by atoms with van der Waals surface area (Å²) in [6.07, 6.45) is 6.60. The maximum Gasteiger partial charge on any atom is 0.157 e. The fourth-order valence-corrected chi connectivity index (χ4v) is 3.84. The molecule has 96 valence electrons. The van der Waals surface area contributed by atoms with E-state index in [2.05, 4.69) is 17.1 Å². The summed E-state index contributed by atoms with van der Waals surface area (Å²) in [5, 5.41) is 4.88. The topological polar surface area (TPSA) is 27.6 Å². The van der Waals surface area contributed by atoms with Crippen molar-refractivity contribution in [3.8, 4) is 0 Å². The Morgan fingerprint density at radius 1 is 1.35 bits per heavy atom. The van der Waals surface area contributed by atoms with E-state index in [0.717, 1.165) is 6.04 Å². The molecule has 3 aliphatic rings. The molecule has 1 aliphatic carbocycles. The van der Waals surface area contributed by atoms with Gasteiger partial charge in [-0.3, -0.25) is 9.89 Å². The zero-order valence-corrected chi connectivity index (χ0v) is 11.5. The van der Waals surface area contributed by atoms with Gasteiger partial charge in [0.25, 0.3) is 0 Å². The molecule has 0 aromatic carbocycles. The summed E-state index contributed by atoms with van der Waals surface area (Å²) in [6.45, 7) is 4.77. The molecule has 2 atom stereocenters. The van der Waals surface area contributed by atoms with Gasteiger partial charge in [-0.2, -0.15) is 0 Å². The van der Waals surface area contributed by atoms with Crippen LogP contribution in [0.2, 0.25) is 0 Å². The third-order valence-electron chi connectivity index (χ3n) is 4.07. The SMILES string of the molecule is CCC1CCSC(NC2CCN(C3CC3)C2)=N1. The van der Waals surface area contributed by atoms with Gasteiger partial charge in [0.05, 0.1) is 6.04 Å². The molecule has 1 saturated carbocycles. The standard InChI is InChI=1S/C13H23N3S/c1-2-10-6-8-17-13(14-10)15-11-5-7-16(9-11)12-3-4-12/h10-12H,2-9H2,1H3,(H,14,15). The van der Waals surface area contributed by atoms with Gasteiger partial charge < -0.3 is 5.32 Å². The molecule has 2 aliphatic heterocycles. The first-order valence-electron chi connectivity index (χ1n) is 7.06. The van der Waals surface area contributed by atoms with Crippen molar-refractivity contribution in [2.75, 3.05) is 18.8 Å². The highest BCUT2D eigenvalue weighted by Crippen LogP contribution is 2.30. The molecule has 3 rings (SSSR count). The van der Waals surface area contributed by atoms with Crippen molar-refractivity contribution in [3.63, 3.8) is 0 Å². The van der Waals surface area contributed by atoms with Crippen molar-refractivity contribution in [1.82, 2.24) is 10.2 Å². The minimum atomic E-state index is 0.569. The average Bonchev–Trinajstić information content (AvgIpc) is 3.11. The summed E-state index contributed by atoms with van der Waals surface area (Å²) < 4.78 is 0. The highest BCUT2D eigenvalue weighted by Gasteiger charge is 2.34. The lowest BCUT2D eigenvalue weighted by molar-refractivity contribution is 0.322. The number of likely N-dealkylation sites (tertiary alicyclic amines) is 1. The molecule has 0 spiro atoms. The number of rotatable bonds is 3. The second-order valence-corrected chi connectivity index (χ2v) is 6.57. The van der Waals surface area contributed by atoms with Crippen LogP contribution in [0.15, 0.2) is 4.99 Å². The molecule has 17 heavy (non-hydrogen) atoms. The van der Waals surface area contributed by atoms with Gasteiger partial charge in [0, 0.05) is 30.9 Å². The first-order valence-corrected chi connectivity index (χ1v) is 8.05. The van der Waals surface area contributed by atoms with E-state index in [9.17, 15) is 0 Å². The van der Waals surface area contributed by atoms with Crippen molar-refractivity contribution in [3.05, 3.63) is 0 Å². The van der Waals surface area contributed by atoms with E-state index in [1.54, 1.807) is 0 Å². The molecule has 1 saturated heterocycles. The summed E-state index contributed by atoms with van der Waals surface area (Å²) in [5.74, 6) is 1.24.